The van der Waals surface area contributed by atoms with E-state index in [1.807, 2.05) is 13.0 Å². The van der Waals surface area contributed by atoms with E-state index in [9.17, 15) is 23.1 Å². The van der Waals surface area contributed by atoms with Gasteiger partial charge in [-0.2, -0.15) is 13.2 Å². The third-order valence-corrected chi connectivity index (χ3v) is 9.96. The number of aliphatic hydroxyl groups excluding tert-OH is 1. The Balaban J connectivity index is 1.49. The maximum Gasteiger partial charge on any atom is 0.409 e. The summed E-state index contributed by atoms with van der Waals surface area (Å²) in [5, 5.41) is 10.7. The van der Waals surface area contributed by atoms with E-state index in [2.05, 4.69) is 13.8 Å². The van der Waals surface area contributed by atoms with Crippen LogP contribution in [0.5, 0.6) is 0 Å². The van der Waals surface area contributed by atoms with Crippen molar-refractivity contribution in [3.8, 4) is 0 Å². The number of carbonyl (C=O) groups is 1. The van der Waals surface area contributed by atoms with Crippen LogP contribution in [0.3, 0.4) is 0 Å². The van der Waals surface area contributed by atoms with Crippen molar-refractivity contribution in [3.63, 3.8) is 0 Å². The molecule has 174 valence electrons. The molecule has 3 fully saturated rings. The topological polar surface area (TPSA) is 37.3 Å². The molecule has 31 heavy (non-hydrogen) atoms. The maximum atomic E-state index is 12.4. The number of carbonyl (C=O) groups excluding carboxylic acids is 1. The molecule has 3 saturated carbocycles. The molecule has 0 spiro atoms. The third kappa shape index (κ3) is 4.05. The fourth-order valence-corrected chi connectivity index (χ4v) is 8.29. The smallest absolute Gasteiger partial charge is 0.393 e. The highest BCUT2D eigenvalue weighted by Gasteiger charge is 2.59. The predicted molar refractivity (Wildman–Crippen MR) is 115 cm³/mol. The van der Waals surface area contributed by atoms with Crippen molar-refractivity contribution in [2.24, 2.45) is 40.4 Å². The van der Waals surface area contributed by atoms with E-state index >= 15 is 0 Å². The summed E-state index contributed by atoms with van der Waals surface area (Å²) in [7, 11) is 0. The van der Waals surface area contributed by atoms with Gasteiger partial charge in [-0.1, -0.05) is 32.4 Å². The molecule has 0 aromatic heterocycles. The fraction of sp³-hybridized carbons (Fsp3) is 0.808. The SMILES string of the molecule is C[C@@H]([C@H]1CC[C@H]2[C@@H]3CCC4=CC(=O)CC[C@]4(C)[C@H]3CC[C@]12C)[C@@H](O)C/C=C/C(F)(F)F. The Labute approximate surface area is 184 Å². The Hall–Kier alpha value is -1.10. The first kappa shape index (κ1) is 23.1. The van der Waals surface area contributed by atoms with Gasteiger partial charge < -0.3 is 5.11 Å². The molecule has 0 amide bonds. The number of fused-ring (bicyclic) bond motifs is 5. The first-order chi connectivity index (χ1) is 14.5. The summed E-state index contributed by atoms with van der Waals surface area (Å²) >= 11 is 0. The Morgan fingerprint density at radius 2 is 1.87 bits per heavy atom. The van der Waals surface area contributed by atoms with Gasteiger partial charge in [0.2, 0.25) is 0 Å². The molecule has 4 aliphatic rings. The minimum Gasteiger partial charge on any atom is -0.393 e. The fourth-order valence-electron chi connectivity index (χ4n) is 8.29. The molecule has 0 aromatic carbocycles. The van der Waals surface area contributed by atoms with Gasteiger partial charge in [0.1, 0.15) is 0 Å². The van der Waals surface area contributed by atoms with E-state index in [0.29, 0.717) is 30.1 Å². The van der Waals surface area contributed by atoms with Gasteiger partial charge in [-0.3, -0.25) is 4.79 Å². The lowest BCUT2D eigenvalue weighted by Crippen LogP contribution is -2.51. The zero-order valence-electron chi connectivity index (χ0n) is 19.0. The number of aliphatic hydroxyl groups is 1. The van der Waals surface area contributed by atoms with Gasteiger partial charge in [-0.15, -0.1) is 0 Å². The van der Waals surface area contributed by atoms with E-state index in [1.165, 1.54) is 5.57 Å². The highest BCUT2D eigenvalue weighted by Crippen LogP contribution is 2.67. The van der Waals surface area contributed by atoms with E-state index in [1.54, 1.807) is 0 Å². The summed E-state index contributed by atoms with van der Waals surface area (Å²) in [4.78, 5) is 12.0. The minimum atomic E-state index is -4.32. The molecule has 0 aromatic rings. The standard InChI is InChI=1S/C26H37F3O2/c1-16(23(31)5-4-12-26(27,28)29)20-8-9-21-19-7-6-17-15-18(30)10-13-24(17,2)22(19)11-14-25(20,21)3/h4,12,15-16,19-23,31H,5-11,13-14H2,1-3H3/b12-4+/t16-,19-,20+,21-,22-,23-,24-,25+/m0/s1. The second kappa shape index (κ2) is 8.04. The van der Waals surface area contributed by atoms with E-state index in [4.69, 9.17) is 0 Å². The first-order valence-corrected chi connectivity index (χ1v) is 12.1. The Bertz CT molecular complexity index is 769. The molecular formula is C26H37F3O2. The summed E-state index contributed by atoms with van der Waals surface area (Å²) in [6.45, 7) is 6.81. The molecule has 4 aliphatic carbocycles. The van der Waals surface area contributed by atoms with Crippen molar-refractivity contribution in [1.29, 1.82) is 0 Å². The highest BCUT2D eigenvalue weighted by molar-refractivity contribution is 5.91. The van der Waals surface area contributed by atoms with Gasteiger partial charge in [0.05, 0.1) is 6.10 Å². The van der Waals surface area contributed by atoms with E-state index in [0.717, 1.165) is 51.0 Å². The number of hydrogen-bond donors (Lipinski definition) is 1. The number of rotatable bonds is 4. The number of halogens is 3. The molecule has 8 atom stereocenters. The summed E-state index contributed by atoms with van der Waals surface area (Å²) in [5.74, 6) is 2.54. The lowest BCUT2D eigenvalue weighted by Gasteiger charge is -2.58. The number of allylic oxidation sites excluding steroid dienone is 2. The Kier molecular flexibility index (Phi) is 5.98. The number of ketones is 1. The van der Waals surface area contributed by atoms with Gasteiger partial charge in [0.25, 0.3) is 0 Å². The second-order valence-electron chi connectivity index (χ2n) is 11.3. The van der Waals surface area contributed by atoms with Crippen LogP contribution < -0.4 is 0 Å². The predicted octanol–water partition coefficient (Wildman–Crippen LogP) is 6.64. The molecule has 1 N–H and O–H groups in total. The highest BCUT2D eigenvalue weighted by atomic mass is 19.4. The van der Waals surface area contributed by atoms with Crippen LogP contribution in [0.1, 0.15) is 78.6 Å². The Morgan fingerprint density at radius 3 is 2.58 bits per heavy atom. The van der Waals surface area contributed by atoms with Crippen molar-refractivity contribution in [1.82, 2.24) is 0 Å². The second-order valence-corrected chi connectivity index (χ2v) is 11.3. The lowest BCUT2D eigenvalue weighted by molar-refractivity contribution is -0.117. The van der Waals surface area contributed by atoms with E-state index in [-0.39, 0.29) is 35.0 Å². The first-order valence-electron chi connectivity index (χ1n) is 12.1. The van der Waals surface area contributed by atoms with Crippen LogP contribution in [-0.2, 0) is 4.79 Å². The van der Waals surface area contributed by atoms with Crippen LogP contribution in [0.2, 0.25) is 0 Å². The maximum absolute atomic E-state index is 12.4. The molecule has 0 saturated heterocycles. The third-order valence-electron chi connectivity index (χ3n) is 9.96. The molecule has 0 heterocycles. The van der Waals surface area contributed by atoms with Crippen LogP contribution in [0.25, 0.3) is 0 Å². The molecule has 2 nitrogen and oxygen atoms in total. The van der Waals surface area contributed by atoms with Crippen LogP contribution in [0, 0.1) is 40.4 Å². The zero-order valence-corrected chi connectivity index (χ0v) is 19.0. The van der Waals surface area contributed by atoms with Gasteiger partial charge in [0, 0.05) is 12.5 Å². The molecular weight excluding hydrogens is 401 g/mol. The summed E-state index contributed by atoms with van der Waals surface area (Å²) < 4.78 is 37.3. The minimum absolute atomic E-state index is 0.00799. The van der Waals surface area contributed by atoms with Crippen LogP contribution >= 0.6 is 0 Å². The largest absolute Gasteiger partial charge is 0.409 e. The van der Waals surface area contributed by atoms with Gasteiger partial charge >= 0.3 is 6.18 Å². The Morgan fingerprint density at radius 1 is 1.13 bits per heavy atom. The summed E-state index contributed by atoms with van der Waals surface area (Å²) in [6.07, 6.45) is 6.59. The van der Waals surface area contributed by atoms with Crippen LogP contribution in [0.15, 0.2) is 23.8 Å². The van der Waals surface area contributed by atoms with Crippen molar-refractivity contribution in [3.05, 3.63) is 23.8 Å². The molecule has 5 heteroatoms. The van der Waals surface area contributed by atoms with Gasteiger partial charge in [0.15, 0.2) is 5.78 Å². The van der Waals surface area contributed by atoms with Crippen LogP contribution in [-0.4, -0.2) is 23.2 Å². The molecule has 0 radical (unpaired) electrons. The number of hydrogen-bond acceptors (Lipinski definition) is 2. The average Bonchev–Trinajstić information content (AvgIpc) is 3.04. The zero-order chi connectivity index (χ0) is 22.6. The molecule has 4 rings (SSSR count). The molecule has 0 unspecified atom stereocenters. The average molecular weight is 439 g/mol. The lowest BCUT2D eigenvalue weighted by atomic mass is 9.46. The van der Waals surface area contributed by atoms with Crippen molar-refractivity contribution in [2.45, 2.75) is 90.8 Å². The van der Waals surface area contributed by atoms with Crippen LogP contribution in [0.4, 0.5) is 13.2 Å². The number of alkyl halides is 3. The quantitative estimate of drug-likeness (QED) is 0.500. The van der Waals surface area contributed by atoms with E-state index < -0.39 is 12.3 Å². The molecule has 0 bridgehead atoms. The normalized spacial score (nSPS) is 42.5. The summed E-state index contributed by atoms with van der Waals surface area (Å²) in [5.41, 5.74) is 1.68. The van der Waals surface area contributed by atoms with Crippen molar-refractivity contribution < 1.29 is 23.1 Å². The monoisotopic (exact) mass is 438 g/mol. The van der Waals surface area contributed by atoms with Gasteiger partial charge in [-0.05, 0) is 97.9 Å². The van der Waals surface area contributed by atoms with Gasteiger partial charge in [-0.25, -0.2) is 0 Å². The molecule has 0 aliphatic heterocycles. The van der Waals surface area contributed by atoms with Crippen molar-refractivity contribution >= 4 is 5.78 Å². The summed E-state index contributed by atoms with van der Waals surface area (Å²) in [6, 6.07) is 0. The van der Waals surface area contributed by atoms with Crippen molar-refractivity contribution in [2.75, 3.05) is 0 Å².